The molecule has 14 amide bonds. The van der Waals surface area contributed by atoms with E-state index in [0.29, 0.717) is 21.2 Å². The van der Waals surface area contributed by atoms with Crippen molar-refractivity contribution in [3.63, 3.8) is 0 Å². The number of nitrogens with two attached hydrogens (primary N) is 2. The lowest BCUT2D eigenvalue weighted by Crippen LogP contribution is -2.64. The first-order chi connectivity index (χ1) is 51.6. The summed E-state index contributed by atoms with van der Waals surface area (Å²) in [7, 11) is 0. The minimum Gasteiger partial charge on any atom is -0.548 e. The molecule has 4 bridgehead atoms. The number of aliphatic hydroxyl groups excluding tert-OH is 6. The molecule has 588 valence electrons. The zero-order valence-electron chi connectivity index (χ0n) is 58.6. The molecule has 3 heterocycles. The molecule has 23 N–H and O–H groups in total. The van der Waals surface area contributed by atoms with Crippen LogP contribution in [0.4, 0.5) is 0 Å². The van der Waals surface area contributed by atoms with Gasteiger partial charge < -0.3 is 116 Å². The Morgan fingerprint density at radius 2 is 1.12 bits per heavy atom. The number of hydrogen-bond donors (Lipinski definition) is 21. The van der Waals surface area contributed by atoms with Gasteiger partial charge in [0.25, 0.3) is 0 Å². The lowest BCUT2D eigenvalue weighted by molar-refractivity contribution is -0.696. The Labute approximate surface area is 638 Å². The zero-order valence-corrected chi connectivity index (χ0v) is 61.8. The number of allylic oxidation sites excluding steroid dienone is 2. The van der Waals surface area contributed by atoms with E-state index >= 15 is 0 Å². The van der Waals surface area contributed by atoms with Gasteiger partial charge in [-0.3, -0.25) is 67.1 Å². The predicted molar refractivity (Wildman–Crippen MR) is 384 cm³/mol. The molecule has 0 saturated heterocycles. The van der Waals surface area contributed by atoms with Crippen molar-refractivity contribution in [2.45, 2.75) is 163 Å². The molecule has 15 atom stereocenters. The van der Waals surface area contributed by atoms with Gasteiger partial charge in [-0.1, -0.05) is 110 Å². The van der Waals surface area contributed by atoms with Gasteiger partial charge in [0.2, 0.25) is 89.0 Å². The monoisotopic (exact) mass is 1650 g/mol. The molecule has 0 unspecified atom stereocenters. The number of carbonyl (C=O) groups is 15. The summed E-state index contributed by atoms with van der Waals surface area (Å²) in [4.78, 5) is 212. The lowest BCUT2D eigenvalue weighted by Gasteiger charge is -2.28. The maximum absolute atomic E-state index is 14.9. The van der Waals surface area contributed by atoms with Crippen molar-refractivity contribution in [1.82, 2.24) is 68.8 Å². The standard InChI is InChI=1S/C69H86Br2N16O22/c1-33(8-9-35-10-14-38(70)15-11-35)20-51(92)42-27-55(96)78-49(30-88)65(104)83-48-29-87-28-40(75-32-87)23-45(62(101)85-56(34(2)90)67(106)84-50(31-89)66(105)80-44(61(100)79-42)21-36-6-4-3-5-7-36)76-54(95)25-41(91)24-47(69(108)109)77-53(94)18-19-74-60(99)43(22-37-12-16-39(71)17-13-37)82-68(107)57(58(97)59(73)98)86-63(102)46(26-52(72)93)81-64(48)103/h3-17,20,28,32,34,41-51,56-58,88-92,97H,18-19,21-27,29-31H2,1-2H3,(H17,72,73,74,76,77,78,79,80,81,82,83,84,85,86,93,94,95,96,98,99,100,101,102,103,104,105,106,107,108,109)/b9-8+,33-20+/t34-,41+,42-,43-,44-,45-,46-,47-,48+,49-,50-,51-,56-,57-,58+/m0/s1. The summed E-state index contributed by atoms with van der Waals surface area (Å²) in [5.74, 6) is -20.4. The van der Waals surface area contributed by atoms with Gasteiger partial charge in [-0.05, 0) is 61.2 Å². The number of halogens is 2. The van der Waals surface area contributed by atoms with E-state index in [9.17, 15) is 108 Å². The van der Waals surface area contributed by atoms with Crippen LogP contribution >= 0.6 is 31.9 Å². The molecule has 0 spiro atoms. The summed E-state index contributed by atoms with van der Waals surface area (Å²) in [5.41, 5.74) is 12.8. The third kappa shape index (κ3) is 28.0. The summed E-state index contributed by atoms with van der Waals surface area (Å²) < 4.78 is 2.45. The normalized spacial score (nSPS) is 25.4. The quantitative estimate of drug-likeness (QED) is 0.0366. The number of fused-ring (bicyclic) bond motifs is 2. The third-order valence-corrected chi connectivity index (χ3v) is 17.9. The Morgan fingerprint density at radius 1 is 0.587 bits per heavy atom. The van der Waals surface area contributed by atoms with Gasteiger partial charge in [-0.2, -0.15) is 0 Å². The summed E-state index contributed by atoms with van der Waals surface area (Å²) >= 11 is 6.65. The Morgan fingerprint density at radius 3 is 1.73 bits per heavy atom. The number of benzene rings is 3. The van der Waals surface area contributed by atoms with Gasteiger partial charge in [0, 0.05) is 47.6 Å². The molecule has 40 heteroatoms. The van der Waals surface area contributed by atoms with E-state index in [1.165, 1.54) is 18.2 Å². The average Bonchev–Trinajstić information content (AvgIpc) is 1.62. The first-order valence-electron chi connectivity index (χ1n) is 33.9. The summed E-state index contributed by atoms with van der Waals surface area (Å²) in [6.07, 6.45) is -7.76. The highest BCUT2D eigenvalue weighted by atomic mass is 79.9. The highest BCUT2D eigenvalue weighted by Gasteiger charge is 2.41. The van der Waals surface area contributed by atoms with Crippen LogP contribution in [0.3, 0.4) is 0 Å². The number of imidazole rings is 1. The maximum atomic E-state index is 14.9. The number of aliphatic hydroxyl groups is 6. The van der Waals surface area contributed by atoms with E-state index in [2.05, 4.69) is 95.3 Å². The number of H-pyrrole nitrogens is 1. The molecule has 2 aliphatic rings. The molecule has 1 aromatic heterocycles. The smallest absolute Gasteiger partial charge is 0.248 e. The largest absolute Gasteiger partial charge is 0.548 e. The Hall–Kier alpha value is -10.9. The third-order valence-electron chi connectivity index (χ3n) is 16.9. The van der Waals surface area contributed by atoms with Crippen molar-refractivity contribution in [1.29, 1.82) is 0 Å². The van der Waals surface area contributed by atoms with Gasteiger partial charge >= 0.3 is 0 Å². The summed E-state index contributed by atoms with van der Waals surface area (Å²) in [5, 5.41) is 107. The van der Waals surface area contributed by atoms with Crippen LogP contribution in [0.15, 0.2) is 118 Å². The van der Waals surface area contributed by atoms with Crippen molar-refractivity contribution in [2.75, 3.05) is 19.8 Å². The van der Waals surface area contributed by atoms with Crippen LogP contribution in [-0.4, -0.2) is 235 Å². The molecule has 0 radical (unpaired) electrons. The van der Waals surface area contributed by atoms with Crippen molar-refractivity contribution in [2.24, 2.45) is 11.5 Å². The van der Waals surface area contributed by atoms with Gasteiger partial charge in [0.15, 0.2) is 6.10 Å². The topological polar surface area (TPSA) is 617 Å². The number of aliphatic carboxylic acids is 1. The van der Waals surface area contributed by atoms with Crippen LogP contribution in [0.1, 0.15) is 68.3 Å². The van der Waals surface area contributed by atoms with Gasteiger partial charge in [-0.25, -0.2) is 9.55 Å². The fourth-order valence-corrected chi connectivity index (χ4v) is 11.6. The Bertz CT molecular complexity index is 4020. The first kappa shape index (κ1) is 87.0. The fourth-order valence-electron chi connectivity index (χ4n) is 11.1. The summed E-state index contributed by atoms with van der Waals surface area (Å²) in [6, 6.07) is -0.850. The average molecular weight is 1650 g/mol. The van der Waals surface area contributed by atoms with Crippen LogP contribution in [0.2, 0.25) is 0 Å². The lowest BCUT2D eigenvalue weighted by atomic mass is 10.0. The SMILES string of the molecule is CC(/C=C/c1ccc(Br)cc1)=C\[C@H](O)[C@@H]1CC(=O)N[C@@H](CO)C(=O)N[C@@H]2C[n+]3c[nH]c(c3)C[C@H](NC(=O)C[C@H](O)C[C@@H](C(=O)[O-])NC(=O)CCNC(=O)[C@H](Cc3ccc(Br)cc3)NC(=O)[C@H]([C@@H](O)C(N)=O)NC(=O)[C@H](CC(N)=O)NC2=O)C(=O)N[C@@H]([C@H](C)O)C(=O)N[C@@H](CO)C(=O)N[C@@H](Cc2ccccc2)C(=O)N1. The zero-order chi connectivity index (χ0) is 80.3. The molecule has 2 aliphatic heterocycles. The van der Waals surface area contributed by atoms with Crippen molar-refractivity contribution < 1.29 is 112 Å². The molecule has 4 aromatic rings. The molecule has 0 fully saturated rings. The maximum Gasteiger partial charge on any atom is 0.248 e. The number of amides is 14. The van der Waals surface area contributed by atoms with E-state index < -0.39 is 251 Å². The van der Waals surface area contributed by atoms with Crippen LogP contribution in [0.25, 0.3) is 6.08 Å². The van der Waals surface area contributed by atoms with E-state index in [0.717, 1.165) is 34.1 Å². The molecule has 0 saturated carbocycles. The summed E-state index contributed by atoms with van der Waals surface area (Å²) in [6.45, 7) is -1.28. The number of nitrogens with zero attached hydrogens (tertiary/aromatic N) is 1. The molecule has 6 rings (SSSR count). The first-order valence-corrected chi connectivity index (χ1v) is 35.5. The number of carboxylic acids is 1. The molecule has 109 heavy (non-hydrogen) atoms. The van der Waals surface area contributed by atoms with Gasteiger partial charge in [0.1, 0.15) is 72.8 Å². The molecule has 3 aromatic carbocycles. The highest BCUT2D eigenvalue weighted by Crippen LogP contribution is 2.17. The predicted octanol–water partition coefficient (Wildman–Crippen LogP) is -8.89. The number of hydrogen-bond acceptors (Lipinski definition) is 22. The number of nitrogens with one attached hydrogen (secondary N) is 13. The highest BCUT2D eigenvalue weighted by molar-refractivity contribution is 9.10. The van der Waals surface area contributed by atoms with Crippen LogP contribution in [-0.2, 0) is 97.7 Å². The second kappa shape index (κ2) is 42.0. The van der Waals surface area contributed by atoms with Crippen molar-refractivity contribution in [3.8, 4) is 0 Å². The minimum atomic E-state index is -2.66. The van der Waals surface area contributed by atoms with Crippen LogP contribution < -0.4 is 84.9 Å². The fraction of sp³-hybridized carbons (Fsp3) is 0.420. The van der Waals surface area contributed by atoms with E-state index in [-0.39, 0.29) is 12.1 Å². The number of aromatic amines is 1. The van der Waals surface area contributed by atoms with Crippen molar-refractivity contribution in [3.05, 3.63) is 140 Å². The number of carbonyl (C=O) groups excluding carboxylic acids is 15. The second-order valence-corrected chi connectivity index (χ2v) is 27.5. The number of rotatable bonds is 16. The molecular weight excluding hydrogens is 1560 g/mol. The molecule has 38 nitrogen and oxygen atoms in total. The van der Waals surface area contributed by atoms with E-state index in [1.54, 1.807) is 85.8 Å². The van der Waals surface area contributed by atoms with Crippen molar-refractivity contribution >= 4 is 127 Å². The Kier molecular flexibility index (Phi) is 33.6. The van der Waals surface area contributed by atoms with Crippen LogP contribution in [0.5, 0.6) is 0 Å². The molecule has 0 aliphatic carbocycles. The number of primary amides is 2. The second-order valence-electron chi connectivity index (χ2n) is 25.7. The Balaban J connectivity index is 1.49. The van der Waals surface area contributed by atoms with Crippen LogP contribution in [0, 0.1) is 0 Å². The van der Waals surface area contributed by atoms with Gasteiger partial charge in [0.05, 0.1) is 62.4 Å². The van der Waals surface area contributed by atoms with E-state index in [4.69, 9.17) is 11.5 Å². The minimum absolute atomic E-state index is 0.0883. The number of aromatic nitrogens is 2. The number of carboxylic acid groups (broad SMARTS) is 1. The molecular formula is C69H86Br2N16O22. The van der Waals surface area contributed by atoms with Gasteiger partial charge in [-0.15, -0.1) is 0 Å². The van der Waals surface area contributed by atoms with E-state index in [1.807, 2.05) is 5.32 Å².